The van der Waals surface area contributed by atoms with E-state index in [9.17, 15) is 4.79 Å². The summed E-state index contributed by atoms with van der Waals surface area (Å²) in [6.45, 7) is 1.89. The lowest BCUT2D eigenvalue weighted by molar-refractivity contribution is 0.102. The number of carbonyl (C=O) groups excluding carboxylic acids is 1. The van der Waals surface area contributed by atoms with Crippen LogP contribution in [0, 0.1) is 6.92 Å². The van der Waals surface area contributed by atoms with E-state index in [1.165, 1.54) is 7.11 Å². The highest BCUT2D eigenvalue weighted by molar-refractivity contribution is 6.32. The number of anilines is 1. The molecule has 0 aliphatic heterocycles. The van der Waals surface area contributed by atoms with Crippen molar-refractivity contribution >= 4 is 23.2 Å². The monoisotopic (exact) mass is 305 g/mol. The fraction of sp³-hybridized carbons (Fsp3) is 0.188. The summed E-state index contributed by atoms with van der Waals surface area (Å²) in [4.78, 5) is 12.3. The van der Waals surface area contributed by atoms with Gasteiger partial charge in [-0.2, -0.15) is 0 Å². The Morgan fingerprint density at radius 1 is 1.14 bits per heavy atom. The van der Waals surface area contributed by atoms with E-state index in [1.807, 2.05) is 19.1 Å². The first-order chi connectivity index (χ1) is 10.1. The Kier molecular flexibility index (Phi) is 4.70. The van der Waals surface area contributed by atoms with E-state index in [-0.39, 0.29) is 5.91 Å². The van der Waals surface area contributed by atoms with Crippen LogP contribution in [0.15, 0.2) is 36.4 Å². The van der Waals surface area contributed by atoms with Crippen molar-refractivity contribution in [2.24, 2.45) is 0 Å². The normalized spacial score (nSPS) is 10.1. The Bertz CT molecular complexity index is 671. The van der Waals surface area contributed by atoms with Crippen molar-refractivity contribution in [1.82, 2.24) is 0 Å². The zero-order valence-corrected chi connectivity index (χ0v) is 12.8. The summed E-state index contributed by atoms with van der Waals surface area (Å²) in [5.74, 6) is 0.870. The minimum absolute atomic E-state index is 0.253. The van der Waals surface area contributed by atoms with Gasteiger partial charge in [-0.15, -0.1) is 0 Å². The number of aryl methyl sites for hydroxylation is 1. The van der Waals surface area contributed by atoms with Gasteiger partial charge in [0.25, 0.3) is 5.91 Å². The van der Waals surface area contributed by atoms with Crippen LogP contribution >= 0.6 is 11.6 Å². The highest BCUT2D eigenvalue weighted by Gasteiger charge is 2.14. The van der Waals surface area contributed by atoms with Gasteiger partial charge >= 0.3 is 0 Å². The van der Waals surface area contributed by atoms with Gasteiger partial charge in [-0.3, -0.25) is 4.79 Å². The predicted molar refractivity (Wildman–Crippen MR) is 83.7 cm³/mol. The third kappa shape index (κ3) is 3.28. The van der Waals surface area contributed by atoms with Gasteiger partial charge in [-0.1, -0.05) is 23.7 Å². The summed E-state index contributed by atoms with van der Waals surface area (Å²) >= 11 is 6.04. The number of ether oxygens (including phenoxy) is 2. The van der Waals surface area contributed by atoms with Gasteiger partial charge in [-0.05, 0) is 36.8 Å². The first-order valence-electron chi connectivity index (χ1n) is 6.35. The minimum Gasteiger partial charge on any atom is -0.496 e. The summed E-state index contributed by atoms with van der Waals surface area (Å²) in [7, 11) is 3.08. The molecular formula is C16H16ClNO3. The molecule has 21 heavy (non-hydrogen) atoms. The molecule has 0 aromatic heterocycles. The van der Waals surface area contributed by atoms with Gasteiger partial charge < -0.3 is 14.8 Å². The van der Waals surface area contributed by atoms with Crippen LogP contribution in [0.4, 0.5) is 5.69 Å². The van der Waals surface area contributed by atoms with Gasteiger partial charge in [0.1, 0.15) is 11.5 Å². The third-order valence-electron chi connectivity index (χ3n) is 3.07. The number of carbonyl (C=O) groups is 1. The summed E-state index contributed by atoms with van der Waals surface area (Å²) < 4.78 is 10.4. The number of rotatable bonds is 4. The Balaban J connectivity index is 2.26. The molecule has 0 saturated heterocycles. The number of hydrogen-bond acceptors (Lipinski definition) is 3. The number of nitrogens with one attached hydrogen (secondary N) is 1. The van der Waals surface area contributed by atoms with Crippen molar-refractivity contribution < 1.29 is 14.3 Å². The van der Waals surface area contributed by atoms with Gasteiger partial charge in [-0.25, -0.2) is 0 Å². The first kappa shape index (κ1) is 15.2. The quantitative estimate of drug-likeness (QED) is 0.931. The minimum atomic E-state index is -0.253. The lowest BCUT2D eigenvalue weighted by atomic mass is 10.1. The topological polar surface area (TPSA) is 47.6 Å². The molecule has 2 aromatic carbocycles. The molecule has 2 rings (SSSR count). The first-order valence-corrected chi connectivity index (χ1v) is 6.73. The average molecular weight is 306 g/mol. The average Bonchev–Trinajstić information content (AvgIpc) is 2.47. The molecule has 0 aliphatic carbocycles. The Morgan fingerprint density at radius 2 is 1.90 bits per heavy atom. The van der Waals surface area contributed by atoms with Crippen LogP contribution in [0.5, 0.6) is 11.5 Å². The smallest absolute Gasteiger partial charge is 0.259 e. The number of halogens is 1. The van der Waals surface area contributed by atoms with Crippen LogP contribution in [-0.4, -0.2) is 20.1 Å². The van der Waals surface area contributed by atoms with Crippen molar-refractivity contribution in [1.29, 1.82) is 0 Å². The molecule has 0 aliphatic rings. The maximum absolute atomic E-state index is 12.3. The highest BCUT2D eigenvalue weighted by Crippen LogP contribution is 2.28. The van der Waals surface area contributed by atoms with Gasteiger partial charge in [0.2, 0.25) is 0 Å². The molecule has 2 aromatic rings. The van der Waals surface area contributed by atoms with Crippen LogP contribution in [0.2, 0.25) is 5.02 Å². The lowest BCUT2D eigenvalue weighted by Crippen LogP contribution is -2.13. The molecule has 0 spiro atoms. The zero-order chi connectivity index (χ0) is 15.4. The number of benzene rings is 2. The summed E-state index contributed by atoms with van der Waals surface area (Å²) in [6.07, 6.45) is 0. The molecular weight excluding hydrogens is 290 g/mol. The van der Waals surface area contributed by atoms with Gasteiger partial charge in [0, 0.05) is 5.69 Å². The zero-order valence-electron chi connectivity index (χ0n) is 12.1. The number of methoxy groups -OCH3 is 2. The van der Waals surface area contributed by atoms with E-state index in [4.69, 9.17) is 21.1 Å². The van der Waals surface area contributed by atoms with Crippen molar-refractivity contribution in [3.63, 3.8) is 0 Å². The Hall–Kier alpha value is -2.20. The second kappa shape index (κ2) is 6.50. The fourth-order valence-electron chi connectivity index (χ4n) is 2.04. The van der Waals surface area contributed by atoms with Crippen LogP contribution in [-0.2, 0) is 0 Å². The third-order valence-corrected chi connectivity index (χ3v) is 3.37. The van der Waals surface area contributed by atoms with E-state index in [0.717, 1.165) is 5.56 Å². The molecule has 5 heteroatoms. The van der Waals surface area contributed by atoms with Crippen LogP contribution in [0.25, 0.3) is 0 Å². The SMILES string of the molecule is COc1ccc(NC(=O)c2cccc(C)c2OC)cc1Cl. The number of para-hydroxylation sites is 1. The maximum atomic E-state index is 12.3. The highest BCUT2D eigenvalue weighted by atomic mass is 35.5. The Morgan fingerprint density at radius 3 is 2.52 bits per heavy atom. The molecule has 0 atom stereocenters. The number of amides is 1. The van der Waals surface area contributed by atoms with E-state index in [1.54, 1.807) is 31.4 Å². The molecule has 4 nitrogen and oxygen atoms in total. The van der Waals surface area contributed by atoms with Crippen molar-refractivity contribution in [2.75, 3.05) is 19.5 Å². The Labute approximate surface area is 128 Å². The molecule has 110 valence electrons. The molecule has 0 saturated carbocycles. The van der Waals surface area contributed by atoms with Crippen molar-refractivity contribution in [3.8, 4) is 11.5 Å². The molecule has 0 radical (unpaired) electrons. The molecule has 0 heterocycles. The molecule has 1 N–H and O–H groups in total. The fourth-order valence-corrected chi connectivity index (χ4v) is 2.30. The summed E-state index contributed by atoms with van der Waals surface area (Å²) in [5.41, 5.74) is 1.97. The summed E-state index contributed by atoms with van der Waals surface area (Å²) in [5, 5.41) is 3.23. The second-order valence-corrected chi connectivity index (χ2v) is 4.87. The molecule has 1 amide bonds. The standard InChI is InChI=1S/C16H16ClNO3/c1-10-5-4-6-12(15(10)21-3)16(19)18-11-7-8-14(20-2)13(17)9-11/h4-9H,1-3H3,(H,18,19). The largest absolute Gasteiger partial charge is 0.496 e. The summed E-state index contributed by atoms with van der Waals surface area (Å²) in [6, 6.07) is 10.5. The lowest BCUT2D eigenvalue weighted by Gasteiger charge is -2.12. The molecule has 0 bridgehead atoms. The van der Waals surface area contributed by atoms with Crippen LogP contribution in [0.1, 0.15) is 15.9 Å². The van der Waals surface area contributed by atoms with E-state index in [2.05, 4.69) is 5.32 Å². The van der Waals surface area contributed by atoms with Gasteiger partial charge in [0.05, 0.1) is 24.8 Å². The second-order valence-electron chi connectivity index (χ2n) is 4.46. The van der Waals surface area contributed by atoms with Gasteiger partial charge in [0.15, 0.2) is 0 Å². The maximum Gasteiger partial charge on any atom is 0.259 e. The predicted octanol–water partition coefficient (Wildman–Crippen LogP) is 3.92. The van der Waals surface area contributed by atoms with E-state index in [0.29, 0.717) is 27.8 Å². The van der Waals surface area contributed by atoms with Crippen molar-refractivity contribution in [3.05, 3.63) is 52.5 Å². The van der Waals surface area contributed by atoms with Crippen LogP contribution < -0.4 is 14.8 Å². The number of hydrogen-bond donors (Lipinski definition) is 1. The van der Waals surface area contributed by atoms with E-state index >= 15 is 0 Å². The van der Waals surface area contributed by atoms with E-state index < -0.39 is 0 Å². The molecule has 0 fully saturated rings. The van der Waals surface area contributed by atoms with Crippen LogP contribution in [0.3, 0.4) is 0 Å². The van der Waals surface area contributed by atoms with Crippen molar-refractivity contribution in [2.45, 2.75) is 6.92 Å². The molecule has 0 unspecified atom stereocenters.